The van der Waals surface area contributed by atoms with Crippen LogP contribution in [-0.4, -0.2) is 50.7 Å². The molecule has 132 valence electrons. The number of morpholine rings is 1. The Kier molecular flexibility index (Phi) is 4.08. The van der Waals surface area contributed by atoms with Crippen LogP contribution < -0.4 is 5.73 Å². The van der Waals surface area contributed by atoms with Gasteiger partial charge in [-0.25, -0.2) is 9.97 Å². The van der Waals surface area contributed by atoms with Crippen LogP contribution in [0.5, 0.6) is 0 Å². The zero-order valence-electron chi connectivity index (χ0n) is 14.0. The number of ether oxygens (including phenoxy) is 1. The Morgan fingerprint density at radius 1 is 1.40 bits per heavy atom. The van der Waals surface area contributed by atoms with E-state index in [0.717, 1.165) is 24.1 Å². The summed E-state index contributed by atoms with van der Waals surface area (Å²) < 4.78 is 11.1. The molecule has 0 bridgehead atoms. The summed E-state index contributed by atoms with van der Waals surface area (Å²) in [5.74, 6) is 1.27. The zero-order valence-corrected chi connectivity index (χ0v) is 14.0. The van der Waals surface area contributed by atoms with Gasteiger partial charge in [0.25, 0.3) is 0 Å². The summed E-state index contributed by atoms with van der Waals surface area (Å²) in [5.41, 5.74) is 7.60. The summed E-state index contributed by atoms with van der Waals surface area (Å²) in [6.07, 6.45) is 3.54. The molecule has 25 heavy (non-hydrogen) atoms. The minimum atomic E-state index is -0.363. The van der Waals surface area contributed by atoms with Crippen molar-refractivity contribution >= 4 is 11.9 Å². The quantitative estimate of drug-likeness (QED) is 0.834. The topological polar surface area (TPSA) is 120 Å². The number of amides is 1. The first-order valence-electron chi connectivity index (χ1n) is 8.41. The number of rotatable bonds is 2. The Labute approximate surface area is 144 Å². The fourth-order valence-electron chi connectivity index (χ4n) is 3.43. The highest BCUT2D eigenvalue weighted by atomic mass is 16.5. The molecule has 0 radical (unpaired) electrons. The molecule has 1 amide bonds. The number of carbonyl (C=O) groups excluding carboxylic acids is 1. The molecule has 2 unspecified atom stereocenters. The van der Waals surface area contributed by atoms with Crippen LogP contribution in [0.1, 0.15) is 35.6 Å². The summed E-state index contributed by atoms with van der Waals surface area (Å²) in [6, 6.07) is 0. The molecule has 3 heterocycles. The minimum absolute atomic E-state index is 0.0668. The Hall–Kier alpha value is -2.55. The fourth-order valence-corrected chi connectivity index (χ4v) is 3.43. The van der Waals surface area contributed by atoms with Gasteiger partial charge in [0.15, 0.2) is 6.10 Å². The Morgan fingerprint density at radius 3 is 3.08 bits per heavy atom. The van der Waals surface area contributed by atoms with Gasteiger partial charge in [-0.1, -0.05) is 0 Å². The molecule has 4 rings (SSSR count). The first kappa shape index (κ1) is 15.9. The van der Waals surface area contributed by atoms with Gasteiger partial charge < -0.3 is 19.8 Å². The van der Waals surface area contributed by atoms with Crippen LogP contribution in [0.25, 0.3) is 0 Å². The molecule has 0 spiro atoms. The van der Waals surface area contributed by atoms with E-state index in [0.29, 0.717) is 37.9 Å². The van der Waals surface area contributed by atoms with Crippen molar-refractivity contribution in [1.82, 2.24) is 25.1 Å². The summed E-state index contributed by atoms with van der Waals surface area (Å²) >= 11 is 0. The van der Waals surface area contributed by atoms with Crippen LogP contribution >= 0.6 is 0 Å². The number of hydrogen-bond donors (Lipinski definition) is 1. The lowest BCUT2D eigenvalue weighted by Crippen LogP contribution is -2.46. The van der Waals surface area contributed by atoms with Gasteiger partial charge in [0.05, 0.1) is 13.2 Å². The molecule has 1 aliphatic carbocycles. The molecule has 1 aliphatic heterocycles. The summed E-state index contributed by atoms with van der Waals surface area (Å²) in [6.45, 7) is 3.20. The van der Waals surface area contributed by atoms with Crippen molar-refractivity contribution < 1.29 is 13.9 Å². The van der Waals surface area contributed by atoms with Gasteiger partial charge in [-0.05, 0) is 24.8 Å². The van der Waals surface area contributed by atoms with Crippen molar-refractivity contribution in [2.75, 3.05) is 25.4 Å². The molecule has 2 N–H and O–H groups in total. The molecule has 9 nitrogen and oxygen atoms in total. The van der Waals surface area contributed by atoms with Gasteiger partial charge in [0.1, 0.15) is 0 Å². The smallest absolute Gasteiger partial charge is 0.246 e. The van der Waals surface area contributed by atoms with E-state index < -0.39 is 0 Å². The summed E-state index contributed by atoms with van der Waals surface area (Å²) in [4.78, 5) is 23.1. The van der Waals surface area contributed by atoms with E-state index in [1.165, 1.54) is 0 Å². The molecule has 1 fully saturated rings. The predicted octanol–water partition coefficient (Wildman–Crippen LogP) is 0.455. The molecule has 0 aromatic carbocycles. The van der Waals surface area contributed by atoms with E-state index in [1.54, 1.807) is 13.1 Å². The third-order valence-corrected chi connectivity index (χ3v) is 4.71. The Morgan fingerprint density at radius 2 is 2.28 bits per heavy atom. The molecule has 2 aliphatic rings. The Balaban J connectivity index is 1.45. The van der Waals surface area contributed by atoms with Crippen molar-refractivity contribution in [2.24, 2.45) is 5.92 Å². The largest absolute Gasteiger partial charge is 0.423 e. The first-order valence-corrected chi connectivity index (χ1v) is 8.41. The predicted molar refractivity (Wildman–Crippen MR) is 86.3 cm³/mol. The SMILES string of the molecule is Cc1nnc(C2CN(C(=O)C3CCc4nc(N)ncc4C3)CCO2)o1. The highest BCUT2D eigenvalue weighted by Gasteiger charge is 2.34. The van der Waals surface area contributed by atoms with Gasteiger partial charge in [-0.2, -0.15) is 0 Å². The Bertz CT molecular complexity index is 792. The molecule has 0 saturated carbocycles. The molecule has 2 aromatic heterocycles. The number of nitrogens with two attached hydrogens (primary N) is 1. The number of nitrogen functional groups attached to an aromatic ring is 1. The second-order valence-corrected chi connectivity index (χ2v) is 6.44. The second kappa shape index (κ2) is 6.40. The van der Waals surface area contributed by atoms with E-state index in [4.69, 9.17) is 14.9 Å². The number of aromatic nitrogens is 4. The first-order chi connectivity index (χ1) is 12.1. The van der Waals surface area contributed by atoms with Gasteiger partial charge in [0.2, 0.25) is 23.6 Å². The maximum absolute atomic E-state index is 13.0. The van der Waals surface area contributed by atoms with E-state index in [1.807, 2.05) is 4.90 Å². The number of hydrogen-bond acceptors (Lipinski definition) is 8. The molecular formula is C16H20N6O3. The number of aryl methyl sites for hydroxylation is 2. The summed E-state index contributed by atoms with van der Waals surface area (Å²) in [5, 5.41) is 7.84. The normalized spacial score (nSPS) is 23.3. The monoisotopic (exact) mass is 344 g/mol. The average Bonchev–Trinajstić information content (AvgIpc) is 3.07. The van der Waals surface area contributed by atoms with E-state index >= 15 is 0 Å². The summed E-state index contributed by atoms with van der Waals surface area (Å²) in [7, 11) is 0. The standard InChI is InChI=1S/C16H20N6O3/c1-9-20-21-14(25-9)13-8-22(4-5-24-13)15(23)10-2-3-12-11(6-10)7-18-16(17)19-12/h7,10,13H,2-6,8H2,1H3,(H2,17,18,19). The van der Waals surface area contributed by atoms with Crippen LogP contribution in [0.3, 0.4) is 0 Å². The zero-order chi connectivity index (χ0) is 17.4. The van der Waals surface area contributed by atoms with E-state index in [9.17, 15) is 4.79 Å². The maximum atomic E-state index is 13.0. The third kappa shape index (κ3) is 3.19. The van der Waals surface area contributed by atoms with Crippen LogP contribution in [0.4, 0.5) is 5.95 Å². The molecule has 2 aromatic rings. The van der Waals surface area contributed by atoms with Gasteiger partial charge in [-0.15, -0.1) is 10.2 Å². The van der Waals surface area contributed by atoms with Crippen molar-refractivity contribution in [3.8, 4) is 0 Å². The van der Waals surface area contributed by atoms with Crippen molar-refractivity contribution in [1.29, 1.82) is 0 Å². The van der Waals surface area contributed by atoms with Crippen molar-refractivity contribution in [2.45, 2.75) is 32.3 Å². The van der Waals surface area contributed by atoms with Crippen LogP contribution in [0.15, 0.2) is 10.6 Å². The molecular weight excluding hydrogens is 324 g/mol. The molecule has 9 heteroatoms. The van der Waals surface area contributed by atoms with Crippen molar-refractivity contribution in [3.63, 3.8) is 0 Å². The van der Waals surface area contributed by atoms with Crippen LogP contribution in [-0.2, 0) is 22.4 Å². The van der Waals surface area contributed by atoms with E-state index in [-0.39, 0.29) is 23.9 Å². The lowest BCUT2D eigenvalue weighted by atomic mass is 9.86. The van der Waals surface area contributed by atoms with Gasteiger partial charge in [-0.3, -0.25) is 4.79 Å². The lowest BCUT2D eigenvalue weighted by molar-refractivity contribution is -0.144. The minimum Gasteiger partial charge on any atom is -0.423 e. The number of anilines is 1. The average molecular weight is 344 g/mol. The molecule has 2 atom stereocenters. The number of fused-ring (bicyclic) bond motifs is 1. The number of carbonyl (C=O) groups is 1. The number of nitrogens with zero attached hydrogens (tertiary/aromatic N) is 5. The highest BCUT2D eigenvalue weighted by Crippen LogP contribution is 2.28. The fraction of sp³-hybridized carbons (Fsp3) is 0.562. The van der Waals surface area contributed by atoms with Crippen LogP contribution in [0.2, 0.25) is 0 Å². The van der Waals surface area contributed by atoms with E-state index in [2.05, 4.69) is 20.2 Å². The maximum Gasteiger partial charge on any atom is 0.246 e. The third-order valence-electron chi connectivity index (χ3n) is 4.71. The highest BCUT2D eigenvalue weighted by molar-refractivity contribution is 5.79. The van der Waals surface area contributed by atoms with Crippen LogP contribution in [0, 0.1) is 12.8 Å². The van der Waals surface area contributed by atoms with Gasteiger partial charge >= 0.3 is 0 Å². The van der Waals surface area contributed by atoms with Crippen molar-refractivity contribution in [3.05, 3.63) is 29.2 Å². The second-order valence-electron chi connectivity index (χ2n) is 6.44. The lowest BCUT2D eigenvalue weighted by Gasteiger charge is -2.34. The van der Waals surface area contributed by atoms with Gasteiger partial charge in [0, 0.05) is 31.3 Å². The molecule has 1 saturated heterocycles.